The lowest BCUT2D eigenvalue weighted by atomic mass is 9.66. The van der Waals surface area contributed by atoms with Crippen LogP contribution in [-0.4, -0.2) is 17.4 Å². The van der Waals surface area contributed by atoms with Gasteiger partial charge in [0.15, 0.2) is 0 Å². The second-order valence-electron chi connectivity index (χ2n) is 5.40. The summed E-state index contributed by atoms with van der Waals surface area (Å²) in [5.41, 5.74) is 8.91. The van der Waals surface area contributed by atoms with Crippen LogP contribution in [0.5, 0.6) is 0 Å². The number of anilines is 1. The molecular formula is C14H16ClN3OS. The molecule has 1 heterocycles. The quantitative estimate of drug-likeness (QED) is 0.909. The minimum absolute atomic E-state index is 0.00741. The number of nitrogens with two attached hydrogens (primary N) is 1. The molecule has 3 N–H and O–H groups in total. The maximum absolute atomic E-state index is 12.2. The molecule has 1 aromatic carbocycles. The molecule has 1 amide bonds. The Labute approximate surface area is 126 Å². The standard InChI is InChI=1S/C14H16ClN3OS/c15-9-2-3-10-13(17-8-20-10)12(9)18-11(19)6-14(7-16)4-1-5-14/h2-3,8H,1,4-7,16H2,(H,18,19). The second-order valence-corrected chi connectivity index (χ2v) is 6.70. The van der Waals surface area contributed by atoms with Gasteiger partial charge in [-0.25, -0.2) is 4.98 Å². The monoisotopic (exact) mass is 309 g/mol. The first-order valence-corrected chi connectivity index (χ1v) is 7.91. The van der Waals surface area contributed by atoms with E-state index in [4.69, 9.17) is 17.3 Å². The summed E-state index contributed by atoms with van der Waals surface area (Å²) in [6.45, 7) is 0.565. The van der Waals surface area contributed by atoms with Crippen molar-refractivity contribution < 1.29 is 4.79 Å². The fraction of sp³-hybridized carbons (Fsp3) is 0.429. The number of nitrogens with zero attached hydrogens (tertiary/aromatic N) is 1. The number of hydrogen-bond acceptors (Lipinski definition) is 4. The Hall–Kier alpha value is -1.17. The maximum atomic E-state index is 12.2. The Bertz CT molecular complexity index is 645. The van der Waals surface area contributed by atoms with E-state index in [1.165, 1.54) is 11.3 Å². The zero-order valence-corrected chi connectivity index (χ0v) is 12.6. The van der Waals surface area contributed by atoms with Gasteiger partial charge in [0.25, 0.3) is 0 Å². The van der Waals surface area contributed by atoms with Crippen LogP contribution in [0, 0.1) is 5.41 Å². The van der Waals surface area contributed by atoms with Crippen LogP contribution >= 0.6 is 22.9 Å². The molecule has 2 aromatic rings. The molecule has 1 aromatic heterocycles. The molecule has 4 nitrogen and oxygen atoms in total. The predicted molar refractivity (Wildman–Crippen MR) is 83.2 cm³/mol. The first-order chi connectivity index (χ1) is 9.63. The van der Waals surface area contributed by atoms with E-state index in [0.717, 1.165) is 29.5 Å². The highest BCUT2D eigenvalue weighted by molar-refractivity contribution is 7.16. The first-order valence-electron chi connectivity index (χ1n) is 6.65. The van der Waals surface area contributed by atoms with Crippen LogP contribution in [0.2, 0.25) is 5.02 Å². The third kappa shape index (κ3) is 2.41. The molecule has 3 rings (SSSR count). The number of aromatic nitrogens is 1. The minimum Gasteiger partial charge on any atom is -0.330 e. The summed E-state index contributed by atoms with van der Waals surface area (Å²) in [5.74, 6) is -0.0300. The van der Waals surface area contributed by atoms with Crippen LogP contribution < -0.4 is 11.1 Å². The average molecular weight is 310 g/mol. The summed E-state index contributed by atoms with van der Waals surface area (Å²) in [5, 5.41) is 3.44. The lowest BCUT2D eigenvalue weighted by Crippen LogP contribution is -2.40. The van der Waals surface area contributed by atoms with Gasteiger partial charge < -0.3 is 11.1 Å². The van der Waals surface area contributed by atoms with Crippen molar-refractivity contribution in [2.75, 3.05) is 11.9 Å². The van der Waals surface area contributed by atoms with Crippen LogP contribution in [0.3, 0.4) is 0 Å². The number of halogens is 1. The van der Waals surface area contributed by atoms with E-state index in [1.54, 1.807) is 11.6 Å². The van der Waals surface area contributed by atoms with Gasteiger partial charge in [-0.3, -0.25) is 4.79 Å². The van der Waals surface area contributed by atoms with E-state index in [-0.39, 0.29) is 11.3 Å². The Morgan fingerprint density at radius 2 is 2.30 bits per heavy atom. The fourth-order valence-corrected chi connectivity index (χ4v) is 3.56. The summed E-state index contributed by atoms with van der Waals surface area (Å²) in [7, 11) is 0. The van der Waals surface area contributed by atoms with Gasteiger partial charge >= 0.3 is 0 Å². The molecule has 1 aliphatic rings. The summed E-state index contributed by atoms with van der Waals surface area (Å²) in [6, 6.07) is 3.71. The number of carbonyl (C=O) groups is 1. The molecule has 0 spiro atoms. The number of rotatable bonds is 4. The zero-order chi connectivity index (χ0) is 14.2. The Kier molecular flexibility index (Phi) is 3.67. The van der Waals surface area contributed by atoms with Crippen molar-refractivity contribution in [3.05, 3.63) is 22.7 Å². The van der Waals surface area contributed by atoms with Crippen molar-refractivity contribution in [1.82, 2.24) is 4.98 Å². The van der Waals surface area contributed by atoms with Crippen molar-refractivity contribution in [2.45, 2.75) is 25.7 Å². The number of hydrogen-bond donors (Lipinski definition) is 2. The van der Waals surface area contributed by atoms with Gasteiger partial charge in [-0.05, 0) is 36.9 Å². The topological polar surface area (TPSA) is 68.0 Å². The number of thiazole rings is 1. The smallest absolute Gasteiger partial charge is 0.225 e. The number of benzene rings is 1. The van der Waals surface area contributed by atoms with Crippen molar-refractivity contribution in [3.63, 3.8) is 0 Å². The molecule has 0 unspecified atom stereocenters. The second kappa shape index (κ2) is 5.31. The molecule has 106 valence electrons. The van der Waals surface area contributed by atoms with Crippen LogP contribution in [0.1, 0.15) is 25.7 Å². The lowest BCUT2D eigenvalue weighted by molar-refractivity contribution is -0.119. The van der Waals surface area contributed by atoms with Gasteiger partial charge in [-0.2, -0.15) is 0 Å². The van der Waals surface area contributed by atoms with Crippen molar-refractivity contribution in [1.29, 1.82) is 0 Å². The zero-order valence-electron chi connectivity index (χ0n) is 11.0. The molecule has 1 saturated carbocycles. The molecule has 0 aliphatic heterocycles. The third-order valence-corrected chi connectivity index (χ3v) is 5.21. The molecule has 0 atom stereocenters. The number of fused-ring (bicyclic) bond motifs is 1. The third-order valence-electron chi connectivity index (χ3n) is 4.10. The van der Waals surface area contributed by atoms with E-state index >= 15 is 0 Å². The van der Waals surface area contributed by atoms with Crippen molar-refractivity contribution in [2.24, 2.45) is 11.1 Å². The van der Waals surface area contributed by atoms with Gasteiger partial charge in [-0.1, -0.05) is 18.0 Å². The molecule has 1 fully saturated rings. The molecule has 0 radical (unpaired) electrons. The van der Waals surface area contributed by atoms with Crippen LogP contribution in [0.25, 0.3) is 10.2 Å². The number of carbonyl (C=O) groups excluding carboxylic acids is 1. The lowest BCUT2D eigenvalue weighted by Gasteiger charge is -2.40. The van der Waals surface area contributed by atoms with Crippen LogP contribution in [0.15, 0.2) is 17.6 Å². The summed E-state index contributed by atoms with van der Waals surface area (Å²) in [4.78, 5) is 16.5. The summed E-state index contributed by atoms with van der Waals surface area (Å²) in [6.07, 6.45) is 3.68. The van der Waals surface area contributed by atoms with Gasteiger partial charge in [0, 0.05) is 6.42 Å². The number of amides is 1. The molecule has 20 heavy (non-hydrogen) atoms. The fourth-order valence-electron chi connectivity index (χ4n) is 2.68. The summed E-state index contributed by atoms with van der Waals surface area (Å²) < 4.78 is 1.02. The first kappa shape index (κ1) is 13.8. The SMILES string of the molecule is NCC1(CC(=O)Nc2c(Cl)ccc3scnc23)CCC1. The average Bonchev–Trinajstić information content (AvgIpc) is 2.86. The summed E-state index contributed by atoms with van der Waals surface area (Å²) >= 11 is 7.71. The normalized spacial score (nSPS) is 16.9. The Balaban J connectivity index is 1.80. The van der Waals surface area contributed by atoms with Crippen molar-refractivity contribution in [3.8, 4) is 0 Å². The molecule has 0 saturated heterocycles. The highest BCUT2D eigenvalue weighted by Crippen LogP contribution is 2.43. The largest absolute Gasteiger partial charge is 0.330 e. The van der Waals surface area contributed by atoms with E-state index in [2.05, 4.69) is 10.3 Å². The Morgan fingerprint density at radius 3 is 2.95 bits per heavy atom. The Morgan fingerprint density at radius 1 is 1.50 bits per heavy atom. The van der Waals surface area contributed by atoms with E-state index in [9.17, 15) is 4.79 Å². The molecule has 6 heteroatoms. The van der Waals surface area contributed by atoms with Crippen molar-refractivity contribution >= 4 is 44.7 Å². The van der Waals surface area contributed by atoms with Gasteiger partial charge in [0.05, 0.1) is 20.9 Å². The minimum atomic E-state index is -0.0300. The molecule has 1 aliphatic carbocycles. The predicted octanol–water partition coefficient (Wildman–Crippen LogP) is 3.41. The van der Waals surface area contributed by atoms with Crippen LogP contribution in [0.4, 0.5) is 5.69 Å². The van der Waals surface area contributed by atoms with Gasteiger partial charge in [0.2, 0.25) is 5.91 Å². The highest BCUT2D eigenvalue weighted by atomic mass is 35.5. The molecule has 0 bridgehead atoms. The van der Waals surface area contributed by atoms with Crippen LogP contribution in [-0.2, 0) is 4.79 Å². The molecular weight excluding hydrogens is 294 g/mol. The van der Waals surface area contributed by atoms with Gasteiger partial charge in [0.1, 0.15) is 5.52 Å². The highest BCUT2D eigenvalue weighted by Gasteiger charge is 2.37. The van der Waals surface area contributed by atoms with Gasteiger partial charge in [-0.15, -0.1) is 11.3 Å². The van der Waals surface area contributed by atoms with E-state index < -0.39 is 0 Å². The van der Waals surface area contributed by atoms with E-state index in [1.807, 2.05) is 6.07 Å². The van der Waals surface area contributed by atoms with E-state index in [0.29, 0.717) is 23.7 Å². The maximum Gasteiger partial charge on any atom is 0.225 e. The number of nitrogens with one attached hydrogen (secondary N) is 1.